The Kier molecular flexibility index (Phi) is 7.35. The molecule has 0 spiro atoms. The highest BCUT2D eigenvalue weighted by molar-refractivity contribution is 5.71. The van der Waals surface area contributed by atoms with Gasteiger partial charge in [0.2, 0.25) is 0 Å². The van der Waals surface area contributed by atoms with Crippen LogP contribution < -0.4 is 4.74 Å². The SMILES string of the molecule is CCCCOC(=O)COc1ccccc1C(O)OC(C)(C)C. The zero-order valence-corrected chi connectivity index (χ0v) is 13.8. The van der Waals surface area contributed by atoms with Crippen LogP contribution in [0.25, 0.3) is 0 Å². The molecule has 0 fully saturated rings. The largest absolute Gasteiger partial charge is 0.481 e. The summed E-state index contributed by atoms with van der Waals surface area (Å²) in [4.78, 5) is 11.6. The Bertz CT molecular complexity index is 464. The van der Waals surface area contributed by atoms with E-state index in [4.69, 9.17) is 14.2 Å². The summed E-state index contributed by atoms with van der Waals surface area (Å²) in [6.07, 6.45) is 0.681. The van der Waals surface area contributed by atoms with Gasteiger partial charge in [-0.25, -0.2) is 4.79 Å². The van der Waals surface area contributed by atoms with E-state index in [9.17, 15) is 9.90 Å². The lowest BCUT2D eigenvalue weighted by Gasteiger charge is -2.25. The quantitative estimate of drug-likeness (QED) is 0.454. The molecule has 1 aromatic carbocycles. The smallest absolute Gasteiger partial charge is 0.344 e. The maximum atomic E-state index is 11.6. The molecular formula is C17H26O5. The molecule has 0 saturated heterocycles. The highest BCUT2D eigenvalue weighted by Gasteiger charge is 2.21. The summed E-state index contributed by atoms with van der Waals surface area (Å²) < 4.78 is 16.0. The number of benzene rings is 1. The number of hydrogen-bond acceptors (Lipinski definition) is 5. The molecule has 0 aliphatic carbocycles. The third-order valence-electron chi connectivity index (χ3n) is 2.76. The standard InChI is InChI=1S/C17H26O5/c1-5-6-11-20-15(18)12-21-14-10-8-7-9-13(14)16(19)22-17(2,3)4/h7-10,16,19H,5-6,11-12H2,1-4H3. The van der Waals surface area contributed by atoms with Gasteiger partial charge in [-0.05, 0) is 33.3 Å². The fraction of sp³-hybridized carbons (Fsp3) is 0.588. The lowest BCUT2D eigenvalue weighted by molar-refractivity contribution is -0.170. The molecule has 5 nitrogen and oxygen atoms in total. The van der Waals surface area contributed by atoms with Gasteiger partial charge in [-0.15, -0.1) is 0 Å². The summed E-state index contributed by atoms with van der Waals surface area (Å²) in [6, 6.07) is 6.93. The molecule has 1 unspecified atom stereocenters. The average Bonchev–Trinajstić information content (AvgIpc) is 2.44. The Balaban J connectivity index is 2.62. The molecule has 0 amide bonds. The first-order valence-electron chi connectivity index (χ1n) is 7.56. The molecule has 0 radical (unpaired) electrons. The Morgan fingerprint density at radius 1 is 1.27 bits per heavy atom. The average molecular weight is 310 g/mol. The van der Waals surface area contributed by atoms with Gasteiger partial charge in [0.15, 0.2) is 12.9 Å². The molecule has 0 heterocycles. The van der Waals surface area contributed by atoms with Crippen LogP contribution in [-0.2, 0) is 14.3 Å². The van der Waals surface area contributed by atoms with E-state index in [1.807, 2.05) is 27.7 Å². The van der Waals surface area contributed by atoms with Crippen molar-refractivity contribution in [3.8, 4) is 5.75 Å². The van der Waals surface area contributed by atoms with Crippen LogP contribution in [0, 0.1) is 0 Å². The Morgan fingerprint density at radius 2 is 1.95 bits per heavy atom. The number of aliphatic hydroxyl groups is 1. The number of para-hydroxylation sites is 1. The van der Waals surface area contributed by atoms with E-state index in [0.717, 1.165) is 12.8 Å². The molecule has 0 saturated carbocycles. The number of carbonyl (C=O) groups is 1. The first-order valence-corrected chi connectivity index (χ1v) is 7.56. The van der Waals surface area contributed by atoms with E-state index in [1.54, 1.807) is 24.3 Å². The molecule has 1 atom stereocenters. The summed E-state index contributed by atoms with van der Waals surface area (Å²) in [7, 11) is 0. The molecule has 22 heavy (non-hydrogen) atoms. The van der Waals surface area contributed by atoms with Crippen molar-refractivity contribution in [2.24, 2.45) is 0 Å². The molecular weight excluding hydrogens is 284 g/mol. The van der Waals surface area contributed by atoms with Crippen LogP contribution in [0.2, 0.25) is 0 Å². The minimum atomic E-state index is -1.12. The summed E-state index contributed by atoms with van der Waals surface area (Å²) in [5.41, 5.74) is -0.00945. The highest BCUT2D eigenvalue weighted by Crippen LogP contribution is 2.29. The topological polar surface area (TPSA) is 65.0 Å². The van der Waals surface area contributed by atoms with Crippen molar-refractivity contribution in [2.75, 3.05) is 13.2 Å². The molecule has 1 N–H and O–H groups in total. The van der Waals surface area contributed by atoms with Crippen LogP contribution in [0.5, 0.6) is 5.75 Å². The van der Waals surface area contributed by atoms with Gasteiger partial charge in [0.25, 0.3) is 0 Å². The van der Waals surface area contributed by atoms with Crippen LogP contribution in [0.4, 0.5) is 0 Å². The zero-order valence-electron chi connectivity index (χ0n) is 13.8. The predicted molar refractivity (Wildman–Crippen MR) is 83.6 cm³/mol. The summed E-state index contributed by atoms with van der Waals surface area (Å²) in [5, 5.41) is 10.2. The van der Waals surface area contributed by atoms with Crippen molar-refractivity contribution in [1.29, 1.82) is 0 Å². The van der Waals surface area contributed by atoms with Crippen LogP contribution in [-0.4, -0.2) is 29.9 Å². The molecule has 5 heteroatoms. The second kappa shape index (κ2) is 8.76. The van der Waals surface area contributed by atoms with Crippen LogP contribution in [0.15, 0.2) is 24.3 Å². The van der Waals surface area contributed by atoms with Gasteiger partial charge in [-0.1, -0.05) is 31.5 Å². The number of carbonyl (C=O) groups excluding carboxylic acids is 1. The minimum absolute atomic E-state index is 0.192. The number of hydrogen-bond donors (Lipinski definition) is 1. The van der Waals surface area contributed by atoms with E-state index in [0.29, 0.717) is 17.9 Å². The summed E-state index contributed by atoms with van der Waals surface area (Å²) in [6.45, 7) is 7.79. The van der Waals surface area contributed by atoms with Gasteiger partial charge in [-0.2, -0.15) is 0 Å². The van der Waals surface area contributed by atoms with Crippen molar-refractivity contribution in [1.82, 2.24) is 0 Å². The second-order valence-electron chi connectivity index (χ2n) is 5.98. The zero-order chi connectivity index (χ0) is 16.6. The van der Waals surface area contributed by atoms with Gasteiger partial charge >= 0.3 is 5.97 Å². The number of ether oxygens (including phenoxy) is 3. The lowest BCUT2D eigenvalue weighted by Crippen LogP contribution is -2.23. The molecule has 0 aromatic heterocycles. The second-order valence-corrected chi connectivity index (χ2v) is 5.98. The lowest BCUT2D eigenvalue weighted by atomic mass is 10.1. The Morgan fingerprint density at radius 3 is 2.59 bits per heavy atom. The van der Waals surface area contributed by atoms with Gasteiger partial charge in [0, 0.05) is 5.56 Å². The fourth-order valence-electron chi connectivity index (χ4n) is 1.72. The Hall–Kier alpha value is -1.59. The highest BCUT2D eigenvalue weighted by atomic mass is 16.6. The Labute approximate surface area is 132 Å². The molecule has 1 rings (SSSR count). The third kappa shape index (κ3) is 6.91. The molecule has 0 aliphatic heterocycles. The number of rotatable bonds is 8. The minimum Gasteiger partial charge on any atom is -0.481 e. The number of esters is 1. The van der Waals surface area contributed by atoms with E-state index >= 15 is 0 Å². The van der Waals surface area contributed by atoms with Crippen LogP contribution in [0.3, 0.4) is 0 Å². The number of aliphatic hydroxyl groups excluding tert-OH is 1. The fourth-order valence-corrected chi connectivity index (χ4v) is 1.72. The van der Waals surface area contributed by atoms with Gasteiger partial charge in [-0.3, -0.25) is 0 Å². The molecule has 0 bridgehead atoms. The van der Waals surface area contributed by atoms with Crippen molar-refractivity contribution in [2.45, 2.75) is 52.4 Å². The van der Waals surface area contributed by atoms with E-state index in [-0.39, 0.29) is 6.61 Å². The van der Waals surface area contributed by atoms with Crippen LogP contribution >= 0.6 is 0 Å². The normalized spacial score (nSPS) is 12.8. The van der Waals surface area contributed by atoms with Gasteiger partial charge < -0.3 is 19.3 Å². The van der Waals surface area contributed by atoms with Crippen molar-refractivity contribution in [3.05, 3.63) is 29.8 Å². The summed E-state index contributed by atoms with van der Waals surface area (Å²) >= 11 is 0. The maximum absolute atomic E-state index is 11.6. The van der Waals surface area contributed by atoms with Gasteiger partial charge in [0.05, 0.1) is 12.2 Å². The van der Waals surface area contributed by atoms with E-state index in [2.05, 4.69) is 0 Å². The molecule has 1 aromatic rings. The van der Waals surface area contributed by atoms with E-state index < -0.39 is 17.9 Å². The van der Waals surface area contributed by atoms with E-state index in [1.165, 1.54) is 0 Å². The predicted octanol–water partition coefficient (Wildman–Crippen LogP) is 3.21. The van der Waals surface area contributed by atoms with Crippen LogP contribution in [0.1, 0.15) is 52.4 Å². The summed E-state index contributed by atoms with van der Waals surface area (Å²) in [5.74, 6) is -0.0128. The monoisotopic (exact) mass is 310 g/mol. The molecule has 124 valence electrons. The van der Waals surface area contributed by atoms with Crippen molar-refractivity contribution in [3.63, 3.8) is 0 Å². The first-order chi connectivity index (χ1) is 10.3. The maximum Gasteiger partial charge on any atom is 0.344 e. The van der Waals surface area contributed by atoms with Gasteiger partial charge in [0.1, 0.15) is 5.75 Å². The van der Waals surface area contributed by atoms with Crippen molar-refractivity contribution >= 4 is 5.97 Å². The number of unbranched alkanes of at least 4 members (excludes halogenated alkanes) is 1. The third-order valence-corrected chi connectivity index (χ3v) is 2.76. The van der Waals surface area contributed by atoms with Crippen molar-refractivity contribution < 1.29 is 24.1 Å². The molecule has 0 aliphatic rings. The first kappa shape index (κ1) is 18.5.